The standard InChI is InChI=1S/C61H42N2/c1-5-20-43(21-6-1)50-28-13-14-29-51(50)44-36-38-48(39-37-44)63(47-26-11-4-12-27-47)59-35-19-34-57-60(59)54-31-16-18-33-56(54)61(57)55-32-17-15-30-52(55)53-41-40-49(42-58(53)61)62(45-22-7-2-8-23-45)46-24-9-3-10-25-46/h1-42H. The van der Waals surface area contributed by atoms with Crippen molar-refractivity contribution in [2.45, 2.75) is 5.41 Å². The molecule has 2 aliphatic carbocycles. The zero-order chi connectivity index (χ0) is 41.7. The lowest BCUT2D eigenvalue weighted by atomic mass is 9.70. The van der Waals surface area contributed by atoms with E-state index < -0.39 is 5.41 Å². The summed E-state index contributed by atoms with van der Waals surface area (Å²) in [5.41, 5.74) is 21.3. The van der Waals surface area contributed by atoms with Crippen LogP contribution in [0.3, 0.4) is 0 Å². The molecule has 0 amide bonds. The number of nitrogens with zero attached hydrogens (tertiary/aromatic N) is 2. The van der Waals surface area contributed by atoms with Crippen LogP contribution in [0.1, 0.15) is 22.3 Å². The number of rotatable bonds is 8. The first-order chi connectivity index (χ1) is 31.3. The average molecular weight is 803 g/mol. The zero-order valence-corrected chi connectivity index (χ0v) is 34.6. The maximum atomic E-state index is 2.47. The summed E-state index contributed by atoms with van der Waals surface area (Å²) in [5.74, 6) is 0. The number of para-hydroxylation sites is 3. The second kappa shape index (κ2) is 15.1. The van der Waals surface area contributed by atoms with Crippen LogP contribution >= 0.6 is 0 Å². The van der Waals surface area contributed by atoms with Gasteiger partial charge in [-0.1, -0.05) is 188 Å². The molecule has 0 bridgehead atoms. The van der Waals surface area contributed by atoms with Crippen molar-refractivity contribution < 1.29 is 0 Å². The van der Waals surface area contributed by atoms with Gasteiger partial charge in [0.1, 0.15) is 0 Å². The van der Waals surface area contributed by atoms with E-state index in [1.807, 2.05) is 0 Å². The Morgan fingerprint density at radius 2 is 0.651 bits per heavy atom. The molecule has 2 heteroatoms. The van der Waals surface area contributed by atoms with E-state index in [4.69, 9.17) is 0 Å². The van der Waals surface area contributed by atoms with Crippen LogP contribution in [0.5, 0.6) is 0 Å². The third-order valence-electron chi connectivity index (χ3n) is 13.1. The van der Waals surface area contributed by atoms with Gasteiger partial charge in [0.05, 0.1) is 11.1 Å². The molecule has 0 aromatic heterocycles. The molecule has 12 rings (SSSR count). The van der Waals surface area contributed by atoms with Crippen LogP contribution in [0.25, 0.3) is 44.5 Å². The molecule has 0 fully saturated rings. The molecule has 10 aromatic rings. The second-order valence-corrected chi connectivity index (χ2v) is 16.4. The quantitative estimate of drug-likeness (QED) is 0.151. The van der Waals surface area contributed by atoms with Crippen molar-refractivity contribution in [2.24, 2.45) is 0 Å². The van der Waals surface area contributed by atoms with Crippen LogP contribution in [0.4, 0.5) is 34.1 Å². The van der Waals surface area contributed by atoms with E-state index in [9.17, 15) is 0 Å². The number of fused-ring (bicyclic) bond motifs is 10. The van der Waals surface area contributed by atoms with Gasteiger partial charge in [0.15, 0.2) is 0 Å². The molecule has 296 valence electrons. The molecule has 0 saturated carbocycles. The maximum absolute atomic E-state index is 2.47. The Balaban J connectivity index is 1.07. The predicted octanol–water partition coefficient (Wildman–Crippen LogP) is 16.3. The lowest BCUT2D eigenvalue weighted by molar-refractivity contribution is 0.793. The monoisotopic (exact) mass is 802 g/mol. The number of hydrogen-bond donors (Lipinski definition) is 0. The molecule has 63 heavy (non-hydrogen) atoms. The Morgan fingerprint density at radius 1 is 0.238 bits per heavy atom. The van der Waals surface area contributed by atoms with Gasteiger partial charge in [0.2, 0.25) is 0 Å². The van der Waals surface area contributed by atoms with Gasteiger partial charge in [0.25, 0.3) is 0 Å². The molecule has 10 aromatic carbocycles. The van der Waals surface area contributed by atoms with Crippen molar-refractivity contribution in [2.75, 3.05) is 9.80 Å². The minimum absolute atomic E-state index is 0.545. The summed E-state index contributed by atoms with van der Waals surface area (Å²) >= 11 is 0. The summed E-state index contributed by atoms with van der Waals surface area (Å²) in [4.78, 5) is 4.83. The van der Waals surface area contributed by atoms with E-state index in [0.29, 0.717) is 0 Å². The molecule has 0 N–H and O–H groups in total. The largest absolute Gasteiger partial charge is 0.310 e. The predicted molar refractivity (Wildman–Crippen MR) is 263 cm³/mol. The van der Waals surface area contributed by atoms with E-state index in [1.165, 1.54) is 66.8 Å². The Bertz CT molecular complexity index is 3230. The summed E-state index contributed by atoms with van der Waals surface area (Å²) in [6.07, 6.45) is 0. The van der Waals surface area contributed by atoms with Gasteiger partial charge in [-0.15, -0.1) is 0 Å². The van der Waals surface area contributed by atoms with Crippen molar-refractivity contribution in [3.05, 3.63) is 277 Å². The van der Waals surface area contributed by atoms with Crippen LogP contribution in [-0.4, -0.2) is 0 Å². The molecule has 0 saturated heterocycles. The molecule has 0 radical (unpaired) electrons. The second-order valence-electron chi connectivity index (χ2n) is 16.4. The highest BCUT2D eigenvalue weighted by Crippen LogP contribution is 2.65. The third-order valence-corrected chi connectivity index (χ3v) is 13.1. The first-order valence-corrected chi connectivity index (χ1v) is 21.8. The lowest BCUT2D eigenvalue weighted by Gasteiger charge is -2.33. The Labute approximate surface area is 369 Å². The summed E-state index contributed by atoms with van der Waals surface area (Å²) in [6, 6.07) is 93.1. The molecular formula is C61H42N2. The van der Waals surface area contributed by atoms with Crippen molar-refractivity contribution in [3.8, 4) is 44.5 Å². The lowest BCUT2D eigenvalue weighted by Crippen LogP contribution is -2.26. The van der Waals surface area contributed by atoms with E-state index in [-0.39, 0.29) is 0 Å². The normalized spacial score (nSPS) is 14.1. The topological polar surface area (TPSA) is 6.48 Å². The van der Waals surface area contributed by atoms with Gasteiger partial charge in [-0.05, 0) is 128 Å². The fourth-order valence-electron chi connectivity index (χ4n) is 10.5. The smallest absolute Gasteiger partial charge is 0.0727 e. The maximum Gasteiger partial charge on any atom is 0.0727 e. The fraction of sp³-hybridized carbons (Fsp3) is 0.0164. The van der Waals surface area contributed by atoms with Gasteiger partial charge in [0, 0.05) is 34.0 Å². The average Bonchev–Trinajstić information content (AvgIpc) is 3.83. The first-order valence-electron chi connectivity index (χ1n) is 21.8. The van der Waals surface area contributed by atoms with Crippen molar-refractivity contribution in [3.63, 3.8) is 0 Å². The van der Waals surface area contributed by atoms with Crippen LogP contribution in [0.2, 0.25) is 0 Å². The van der Waals surface area contributed by atoms with Crippen molar-refractivity contribution >= 4 is 34.1 Å². The first kappa shape index (κ1) is 36.6. The number of anilines is 6. The fourth-order valence-corrected chi connectivity index (χ4v) is 10.5. The number of hydrogen-bond acceptors (Lipinski definition) is 2. The minimum atomic E-state index is -0.545. The molecule has 0 aliphatic heterocycles. The molecule has 2 aliphatic rings. The Kier molecular flexibility index (Phi) is 8.76. The van der Waals surface area contributed by atoms with Crippen molar-refractivity contribution in [1.29, 1.82) is 0 Å². The van der Waals surface area contributed by atoms with E-state index in [0.717, 1.165) is 34.1 Å². The van der Waals surface area contributed by atoms with E-state index in [2.05, 4.69) is 265 Å². The minimum Gasteiger partial charge on any atom is -0.310 e. The Morgan fingerprint density at radius 3 is 1.25 bits per heavy atom. The molecular weight excluding hydrogens is 761 g/mol. The van der Waals surface area contributed by atoms with Crippen LogP contribution in [-0.2, 0) is 5.41 Å². The Hall–Kier alpha value is -8.20. The number of benzene rings is 10. The van der Waals surface area contributed by atoms with Gasteiger partial charge in [-0.25, -0.2) is 0 Å². The summed E-state index contributed by atoms with van der Waals surface area (Å²) < 4.78 is 0. The highest BCUT2D eigenvalue weighted by atomic mass is 15.1. The zero-order valence-electron chi connectivity index (χ0n) is 34.6. The highest BCUT2D eigenvalue weighted by molar-refractivity contribution is 6.02. The van der Waals surface area contributed by atoms with Gasteiger partial charge >= 0.3 is 0 Å². The molecule has 1 atom stereocenters. The van der Waals surface area contributed by atoms with Crippen molar-refractivity contribution in [1.82, 2.24) is 0 Å². The van der Waals surface area contributed by atoms with Crippen LogP contribution in [0, 0.1) is 0 Å². The van der Waals surface area contributed by atoms with Crippen LogP contribution < -0.4 is 9.80 Å². The molecule has 0 heterocycles. The summed E-state index contributed by atoms with van der Waals surface area (Å²) in [7, 11) is 0. The van der Waals surface area contributed by atoms with Gasteiger partial charge in [-0.3, -0.25) is 0 Å². The molecule has 1 spiro atoms. The SMILES string of the molecule is c1ccc(-c2ccccc2-c2ccc(N(c3ccccc3)c3cccc4c3-c3ccccc3C43c4ccccc4-c4ccc(N(c5ccccc5)c5ccccc5)cc43)cc2)cc1. The highest BCUT2D eigenvalue weighted by Gasteiger charge is 2.52. The molecule has 2 nitrogen and oxygen atoms in total. The van der Waals surface area contributed by atoms with Gasteiger partial charge in [-0.2, -0.15) is 0 Å². The van der Waals surface area contributed by atoms with Crippen LogP contribution in [0.15, 0.2) is 255 Å². The summed E-state index contributed by atoms with van der Waals surface area (Å²) in [6.45, 7) is 0. The van der Waals surface area contributed by atoms with Gasteiger partial charge < -0.3 is 9.80 Å². The summed E-state index contributed by atoms with van der Waals surface area (Å²) in [5, 5.41) is 0. The van der Waals surface area contributed by atoms with E-state index >= 15 is 0 Å². The third kappa shape index (κ3) is 5.80. The molecule has 1 unspecified atom stereocenters. The van der Waals surface area contributed by atoms with E-state index in [1.54, 1.807) is 0 Å².